The van der Waals surface area contributed by atoms with E-state index in [9.17, 15) is 4.39 Å². The van der Waals surface area contributed by atoms with E-state index in [2.05, 4.69) is 37.5 Å². The highest BCUT2D eigenvalue weighted by Crippen LogP contribution is 2.28. The van der Waals surface area contributed by atoms with Crippen LogP contribution in [0, 0.1) is 9.52 Å². The van der Waals surface area contributed by atoms with Crippen LogP contribution < -0.4 is 0 Å². The molecular weight excluding hydrogens is 406 g/mol. The van der Waals surface area contributed by atoms with E-state index in [4.69, 9.17) is 0 Å². The molecule has 6 heteroatoms. The lowest BCUT2D eigenvalue weighted by Crippen LogP contribution is -1.99. The Kier molecular flexibility index (Phi) is 3.53. The maximum absolute atomic E-state index is 13.2. The fraction of sp³-hybridized carbons (Fsp3) is 0. The lowest BCUT2D eigenvalue weighted by molar-refractivity contribution is 0.628. The number of pyridine rings is 2. The monoisotopic (exact) mass is 416 g/mol. The first-order valence-electron chi connectivity index (χ1n) is 6.94. The molecule has 0 fully saturated rings. The molecule has 0 unspecified atom stereocenters. The van der Waals surface area contributed by atoms with Gasteiger partial charge in [0.25, 0.3) is 0 Å². The number of hydrogen-bond acceptors (Lipinski definition) is 3. The molecule has 3 aromatic heterocycles. The first kappa shape index (κ1) is 14.3. The molecule has 0 amide bonds. The van der Waals surface area contributed by atoms with E-state index in [-0.39, 0.29) is 5.82 Å². The molecule has 0 aliphatic heterocycles. The fourth-order valence-corrected chi connectivity index (χ4v) is 2.87. The van der Waals surface area contributed by atoms with Gasteiger partial charge < -0.3 is 0 Å². The van der Waals surface area contributed by atoms with Gasteiger partial charge in [0, 0.05) is 18.0 Å². The predicted octanol–water partition coefficient (Wildman–Crippen LogP) is 4.23. The van der Waals surface area contributed by atoms with Crippen LogP contribution in [-0.2, 0) is 0 Å². The van der Waals surface area contributed by atoms with Gasteiger partial charge in [-0.15, -0.1) is 0 Å². The quantitative estimate of drug-likeness (QED) is 0.363. The summed E-state index contributed by atoms with van der Waals surface area (Å²) in [5.74, 6) is 0.452. The van der Waals surface area contributed by atoms with E-state index in [1.54, 1.807) is 24.5 Å². The van der Waals surface area contributed by atoms with Crippen molar-refractivity contribution in [2.75, 3.05) is 0 Å². The van der Waals surface area contributed by atoms with Crippen molar-refractivity contribution in [1.82, 2.24) is 19.5 Å². The van der Waals surface area contributed by atoms with Crippen LogP contribution in [0.15, 0.2) is 60.9 Å². The van der Waals surface area contributed by atoms with Crippen LogP contribution >= 0.6 is 22.6 Å². The Balaban J connectivity index is 2.05. The highest BCUT2D eigenvalue weighted by atomic mass is 127. The lowest BCUT2D eigenvalue weighted by Gasteiger charge is -2.08. The summed E-state index contributed by atoms with van der Waals surface area (Å²) < 4.78 is 16.1. The molecule has 3 heterocycles. The second kappa shape index (κ2) is 5.69. The Morgan fingerprint density at radius 1 is 0.870 bits per heavy atom. The van der Waals surface area contributed by atoms with Crippen molar-refractivity contribution in [2.24, 2.45) is 0 Å². The number of fused-ring (bicyclic) bond motifs is 1. The molecule has 112 valence electrons. The minimum absolute atomic E-state index is 0.270. The standard InChI is InChI=1S/C17H10FIN4/c18-12-3-1-11(2-4-12)16-21-14-5-6-15(19)22-17(14)23(16)13-7-9-20-10-8-13/h1-10H. The van der Waals surface area contributed by atoms with Gasteiger partial charge in [0.2, 0.25) is 0 Å². The molecule has 0 spiro atoms. The topological polar surface area (TPSA) is 43.6 Å². The number of imidazole rings is 1. The third-order valence-corrected chi connectivity index (χ3v) is 4.09. The summed E-state index contributed by atoms with van der Waals surface area (Å²) in [6.07, 6.45) is 3.45. The van der Waals surface area contributed by atoms with Crippen molar-refractivity contribution in [3.63, 3.8) is 0 Å². The second-order valence-electron chi connectivity index (χ2n) is 4.96. The van der Waals surface area contributed by atoms with Gasteiger partial charge >= 0.3 is 0 Å². The number of aromatic nitrogens is 4. The lowest BCUT2D eigenvalue weighted by atomic mass is 10.2. The van der Waals surface area contributed by atoms with Crippen molar-refractivity contribution in [2.45, 2.75) is 0 Å². The third kappa shape index (κ3) is 2.59. The highest BCUT2D eigenvalue weighted by Gasteiger charge is 2.15. The fourth-order valence-electron chi connectivity index (χ4n) is 2.46. The van der Waals surface area contributed by atoms with E-state index in [0.717, 1.165) is 31.9 Å². The molecule has 4 rings (SSSR count). The average molecular weight is 416 g/mol. The normalized spacial score (nSPS) is 11.0. The SMILES string of the molecule is Fc1ccc(-c2nc3ccc(I)nc3n2-c2ccncc2)cc1. The molecule has 0 aliphatic carbocycles. The smallest absolute Gasteiger partial charge is 0.166 e. The van der Waals surface area contributed by atoms with Gasteiger partial charge in [0.05, 0.1) is 5.69 Å². The van der Waals surface area contributed by atoms with Crippen molar-refractivity contribution in [3.05, 3.63) is 70.4 Å². The zero-order chi connectivity index (χ0) is 15.8. The Morgan fingerprint density at radius 3 is 2.35 bits per heavy atom. The summed E-state index contributed by atoms with van der Waals surface area (Å²) in [4.78, 5) is 13.4. The molecule has 0 aliphatic rings. The maximum Gasteiger partial charge on any atom is 0.166 e. The van der Waals surface area contributed by atoms with Crippen molar-refractivity contribution in [1.29, 1.82) is 0 Å². The molecule has 0 atom stereocenters. The van der Waals surface area contributed by atoms with E-state index in [0.29, 0.717) is 0 Å². The van der Waals surface area contributed by atoms with Gasteiger partial charge in [0.1, 0.15) is 20.9 Å². The molecule has 0 saturated heterocycles. The zero-order valence-corrected chi connectivity index (χ0v) is 14.0. The summed E-state index contributed by atoms with van der Waals surface area (Å²) >= 11 is 2.18. The zero-order valence-electron chi connectivity index (χ0n) is 11.8. The average Bonchev–Trinajstić information content (AvgIpc) is 2.95. The third-order valence-electron chi connectivity index (χ3n) is 3.49. The van der Waals surface area contributed by atoms with Gasteiger partial charge in [-0.25, -0.2) is 14.4 Å². The molecule has 1 aromatic carbocycles. The Bertz CT molecular complexity index is 981. The highest BCUT2D eigenvalue weighted by molar-refractivity contribution is 14.1. The van der Waals surface area contributed by atoms with Gasteiger partial charge in [0.15, 0.2) is 5.65 Å². The summed E-state index contributed by atoms with van der Waals surface area (Å²) in [6, 6.07) is 14.0. The number of rotatable bonds is 2. The number of benzene rings is 1. The minimum atomic E-state index is -0.270. The van der Waals surface area contributed by atoms with Crippen LogP contribution in [0.2, 0.25) is 0 Å². The molecule has 0 radical (unpaired) electrons. The molecule has 4 aromatic rings. The summed E-state index contributed by atoms with van der Waals surface area (Å²) in [5, 5.41) is 0. The van der Waals surface area contributed by atoms with Crippen LogP contribution in [0.3, 0.4) is 0 Å². The molecule has 0 saturated carbocycles. The van der Waals surface area contributed by atoms with Crippen LogP contribution in [0.1, 0.15) is 0 Å². The second-order valence-corrected chi connectivity index (χ2v) is 6.07. The van der Waals surface area contributed by atoms with Crippen molar-refractivity contribution >= 4 is 33.8 Å². The molecule has 0 N–H and O–H groups in total. The van der Waals surface area contributed by atoms with Crippen LogP contribution in [0.5, 0.6) is 0 Å². The number of halogens is 2. The number of hydrogen-bond donors (Lipinski definition) is 0. The van der Waals surface area contributed by atoms with Gasteiger partial charge in [-0.2, -0.15) is 0 Å². The van der Waals surface area contributed by atoms with E-state index >= 15 is 0 Å². The molecular formula is C17H10FIN4. The van der Waals surface area contributed by atoms with Crippen molar-refractivity contribution in [3.8, 4) is 17.1 Å². The van der Waals surface area contributed by atoms with Gasteiger partial charge in [-0.3, -0.25) is 9.55 Å². The molecule has 4 nitrogen and oxygen atoms in total. The Hall–Kier alpha value is -2.35. The van der Waals surface area contributed by atoms with Crippen LogP contribution in [0.25, 0.3) is 28.2 Å². The Labute approximate surface area is 145 Å². The summed E-state index contributed by atoms with van der Waals surface area (Å²) in [7, 11) is 0. The van der Waals surface area contributed by atoms with Crippen LogP contribution in [-0.4, -0.2) is 19.5 Å². The first-order chi connectivity index (χ1) is 11.2. The van der Waals surface area contributed by atoms with E-state index in [1.165, 1.54) is 12.1 Å². The van der Waals surface area contributed by atoms with Gasteiger partial charge in [-0.1, -0.05) is 0 Å². The Morgan fingerprint density at radius 2 is 1.61 bits per heavy atom. The minimum Gasteiger partial charge on any atom is -0.277 e. The molecule has 0 bridgehead atoms. The molecule has 23 heavy (non-hydrogen) atoms. The summed E-state index contributed by atoms with van der Waals surface area (Å²) in [6.45, 7) is 0. The predicted molar refractivity (Wildman–Crippen MR) is 94.8 cm³/mol. The van der Waals surface area contributed by atoms with Gasteiger partial charge in [-0.05, 0) is 71.1 Å². The van der Waals surface area contributed by atoms with E-state index < -0.39 is 0 Å². The van der Waals surface area contributed by atoms with Crippen molar-refractivity contribution < 1.29 is 4.39 Å². The van der Waals surface area contributed by atoms with E-state index in [1.807, 2.05) is 28.8 Å². The number of nitrogens with zero attached hydrogens (tertiary/aromatic N) is 4. The summed E-state index contributed by atoms with van der Waals surface area (Å²) in [5.41, 5.74) is 3.30. The first-order valence-corrected chi connectivity index (χ1v) is 8.01. The largest absolute Gasteiger partial charge is 0.277 e. The maximum atomic E-state index is 13.2. The van der Waals surface area contributed by atoms with Crippen LogP contribution in [0.4, 0.5) is 4.39 Å².